The highest BCUT2D eigenvalue weighted by Gasteiger charge is 2.38. The molecule has 1 unspecified atom stereocenters. The van der Waals surface area contributed by atoms with Gasteiger partial charge in [0, 0.05) is 25.2 Å². The van der Waals surface area contributed by atoms with E-state index < -0.39 is 0 Å². The number of likely N-dealkylation sites (tertiary alicyclic amines) is 1. The van der Waals surface area contributed by atoms with Crippen LogP contribution in [-0.2, 0) is 4.74 Å². The smallest absolute Gasteiger partial charge is 0.0703 e. The molecule has 0 aliphatic carbocycles. The van der Waals surface area contributed by atoms with Gasteiger partial charge in [0.25, 0.3) is 0 Å². The Morgan fingerprint density at radius 2 is 2.11 bits per heavy atom. The van der Waals surface area contributed by atoms with E-state index in [1.165, 1.54) is 38.8 Å². The van der Waals surface area contributed by atoms with E-state index in [2.05, 4.69) is 23.8 Å². The summed E-state index contributed by atoms with van der Waals surface area (Å²) in [5, 5.41) is 0. The number of ether oxygens (including phenoxy) is 1. The second-order valence-electron chi connectivity index (χ2n) is 5.91. The monoisotopic (exact) mass is 255 g/mol. The standard InChI is InChI=1S/C14H29N3O/c1-3-17(11-13-5-4-10-18-13)14(12-15)6-8-16(2)9-7-14/h13H,3-12,15H2,1-2H3. The summed E-state index contributed by atoms with van der Waals surface area (Å²) in [4.78, 5) is 5.00. The first kappa shape index (κ1) is 14.3. The largest absolute Gasteiger partial charge is 0.377 e. The Morgan fingerprint density at radius 3 is 2.61 bits per heavy atom. The van der Waals surface area contributed by atoms with Crippen molar-refractivity contribution in [3.63, 3.8) is 0 Å². The number of hydrogen-bond acceptors (Lipinski definition) is 4. The van der Waals surface area contributed by atoms with Gasteiger partial charge in [0.15, 0.2) is 0 Å². The van der Waals surface area contributed by atoms with Crippen LogP contribution in [0.5, 0.6) is 0 Å². The molecule has 2 aliphatic heterocycles. The van der Waals surface area contributed by atoms with Crippen LogP contribution in [0.1, 0.15) is 32.6 Å². The topological polar surface area (TPSA) is 41.7 Å². The minimum atomic E-state index is 0.215. The number of rotatable bonds is 5. The van der Waals surface area contributed by atoms with Crippen molar-refractivity contribution in [3.05, 3.63) is 0 Å². The number of nitrogens with zero attached hydrogens (tertiary/aromatic N) is 2. The van der Waals surface area contributed by atoms with E-state index >= 15 is 0 Å². The number of nitrogens with two attached hydrogens (primary N) is 1. The fourth-order valence-corrected chi connectivity index (χ4v) is 3.38. The van der Waals surface area contributed by atoms with Crippen molar-refractivity contribution in [2.24, 2.45) is 5.73 Å². The van der Waals surface area contributed by atoms with Crippen molar-refractivity contribution in [3.8, 4) is 0 Å². The van der Waals surface area contributed by atoms with E-state index in [1.807, 2.05) is 0 Å². The first-order chi connectivity index (χ1) is 8.70. The average molecular weight is 255 g/mol. The van der Waals surface area contributed by atoms with Gasteiger partial charge in [0.1, 0.15) is 0 Å². The number of likely N-dealkylation sites (N-methyl/N-ethyl adjacent to an activating group) is 1. The Bertz CT molecular complexity index is 245. The Kier molecular flexibility index (Phi) is 5.01. The molecule has 2 N–H and O–H groups in total. The Labute approximate surface area is 111 Å². The van der Waals surface area contributed by atoms with Gasteiger partial charge >= 0.3 is 0 Å². The predicted octanol–water partition coefficient (Wildman–Crippen LogP) is 0.910. The Morgan fingerprint density at radius 1 is 1.39 bits per heavy atom. The van der Waals surface area contributed by atoms with Gasteiger partial charge < -0.3 is 15.4 Å². The van der Waals surface area contributed by atoms with E-state index in [4.69, 9.17) is 10.5 Å². The van der Waals surface area contributed by atoms with Crippen LogP contribution in [0.25, 0.3) is 0 Å². The van der Waals surface area contributed by atoms with Gasteiger partial charge in [0.2, 0.25) is 0 Å². The third-order valence-corrected chi connectivity index (χ3v) is 4.80. The number of piperidine rings is 1. The second-order valence-corrected chi connectivity index (χ2v) is 5.91. The third kappa shape index (κ3) is 3.05. The van der Waals surface area contributed by atoms with Crippen molar-refractivity contribution in [2.45, 2.75) is 44.2 Å². The fraction of sp³-hybridized carbons (Fsp3) is 1.00. The van der Waals surface area contributed by atoms with Gasteiger partial charge in [-0.05, 0) is 52.4 Å². The van der Waals surface area contributed by atoms with Crippen LogP contribution in [0.4, 0.5) is 0 Å². The molecule has 2 saturated heterocycles. The van der Waals surface area contributed by atoms with Crippen molar-refractivity contribution in [1.82, 2.24) is 9.80 Å². The molecule has 0 saturated carbocycles. The molecule has 0 aromatic heterocycles. The van der Waals surface area contributed by atoms with Crippen LogP contribution in [0.3, 0.4) is 0 Å². The molecule has 2 heterocycles. The minimum absolute atomic E-state index is 0.215. The van der Waals surface area contributed by atoms with Gasteiger partial charge in [-0.15, -0.1) is 0 Å². The van der Waals surface area contributed by atoms with Gasteiger partial charge in [-0.25, -0.2) is 0 Å². The first-order valence-electron chi connectivity index (χ1n) is 7.45. The molecule has 2 aliphatic rings. The Balaban J connectivity index is 1.98. The molecule has 0 aromatic rings. The molecule has 0 aromatic carbocycles. The van der Waals surface area contributed by atoms with Crippen LogP contribution in [0, 0.1) is 0 Å². The lowest BCUT2D eigenvalue weighted by Crippen LogP contribution is -2.60. The molecule has 0 amide bonds. The highest BCUT2D eigenvalue weighted by Crippen LogP contribution is 2.29. The van der Waals surface area contributed by atoms with Crippen LogP contribution >= 0.6 is 0 Å². The number of hydrogen-bond donors (Lipinski definition) is 1. The molecule has 0 bridgehead atoms. The van der Waals surface area contributed by atoms with Gasteiger partial charge in [-0.3, -0.25) is 4.90 Å². The summed E-state index contributed by atoms with van der Waals surface area (Å²) in [5.41, 5.74) is 6.35. The summed E-state index contributed by atoms with van der Waals surface area (Å²) < 4.78 is 5.79. The molecule has 4 nitrogen and oxygen atoms in total. The fourth-order valence-electron chi connectivity index (χ4n) is 3.38. The lowest BCUT2D eigenvalue weighted by Gasteiger charge is -2.48. The normalized spacial score (nSPS) is 29.0. The second kappa shape index (κ2) is 6.33. The predicted molar refractivity (Wildman–Crippen MR) is 74.7 cm³/mol. The van der Waals surface area contributed by atoms with Gasteiger partial charge in [0.05, 0.1) is 6.10 Å². The summed E-state index contributed by atoms with van der Waals surface area (Å²) >= 11 is 0. The highest BCUT2D eigenvalue weighted by atomic mass is 16.5. The van der Waals surface area contributed by atoms with E-state index in [9.17, 15) is 0 Å². The molecule has 1 atom stereocenters. The van der Waals surface area contributed by atoms with Crippen molar-refractivity contribution in [2.75, 3.05) is 46.4 Å². The molecular formula is C14H29N3O. The van der Waals surface area contributed by atoms with E-state index in [0.717, 1.165) is 26.2 Å². The SMILES string of the molecule is CCN(CC1CCCO1)C1(CN)CCN(C)CC1. The third-order valence-electron chi connectivity index (χ3n) is 4.80. The maximum Gasteiger partial charge on any atom is 0.0703 e. The molecular weight excluding hydrogens is 226 g/mol. The zero-order valence-corrected chi connectivity index (χ0v) is 12.0. The molecule has 2 fully saturated rings. The maximum absolute atomic E-state index is 6.13. The van der Waals surface area contributed by atoms with Crippen molar-refractivity contribution in [1.29, 1.82) is 0 Å². The van der Waals surface area contributed by atoms with E-state index in [0.29, 0.717) is 6.10 Å². The zero-order chi connectivity index (χ0) is 13.0. The molecule has 4 heteroatoms. The Hall–Kier alpha value is -0.160. The molecule has 106 valence electrons. The van der Waals surface area contributed by atoms with Gasteiger partial charge in [-0.2, -0.15) is 0 Å². The zero-order valence-electron chi connectivity index (χ0n) is 12.0. The van der Waals surface area contributed by atoms with Gasteiger partial charge in [-0.1, -0.05) is 6.92 Å². The van der Waals surface area contributed by atoms with Crippen LogP contribution in [0.2, 0.25) is 0 Å². The van der Waals surface area contributed by atoms with E-state index in [-0.39, 0.29) is 5.54 Å². The quantitative estimate of drug-likeness (QED) is 0.793. The summed E-state index contributed by atoms with van der Waals surface area (Å²) in [6.07, 6.45) is 5.27. The molecule has 2 rings (SSSR count). The molecule has 0 radical (unpaired) electrons. The van der Waals surface area contributed by atoms with Crippen LogP contribution < -0.4 is 5.73 Å². The summed E-state index contributed by atoms with van der Waals surface area (Å²) in [6, 6.07) is 0. The minimum Gasteiger partial charge on any atom is -0.377 e. The van der Waals surface area contributed by atoms with Crippen molar-refractivity contribution >= 4 is 0 Å². The molecule has 18 heavy (non-hydrogen) atoms. The average Bonchev–Trinajstić information content (AvgIpc) is 2.90. The summed E-state index contributed by atoms with van der Waals surface area (Å²) in [7, 11) is 2.21. The summed E-state index contributed by atoms with van der Waals surface area (Å²) in [6.45, 7) is 8.46. The maximum atomic E-state index is 6.13. The van der Waals surface area contributed by atoms with Crippen LogP contribution in [-0.4, -0.2) is 67.8 Å². The first-order valence-corrected chi connectivity index (χ1v) is 7.45. The lowest BCUT2D eigenvalue weighted by molar-refractivity contribution is -0.00443. The molecule has 0 spiro atoms. The van der Waals surface area contributed by atoms with E-state index in [1.54, 1.807) is 0 Å². The lowest BCUT2D eigenvalue weighted by atomic mass is 9.85. The highest BCUT2D eigenvalue weighted by molar-refractivity contribution is 4.96. The van der Waals surface area contributed by atoms with Crippen LogP contribution in [0.15, 0.2) is 0 Å². The summed E-state index contributed by atoms with van der Waals surface area (Å²) in [5.74, 6) is 0. The van der Waals surface area contributed by atoms with Crippen molar-refractivity contribution < 1.29 is 4.74 Å².